The predicted molar refractivity (Wildman–Crippen MR) is 72.4 cm³/mol. The van der Waals surface area contributed by atoms with Crippen molar-refractivity contribution < 1.29 is 4.79 Å². The fourth-order valence-corrected chi connectivity index (χ4v) is 3.41. The van der Waals surface area contributed by atoms with E-state index >= 15 is 0 Å². The smallest absolute Gasteiger partial charge is 0.149 e. The van der Waals surface area contributed by atoms with Crippen LogP contribution in [0.15, 0.2) is 17.5 Å². The van der Waals surface area contributed by atoms with Crippen molar-refractivity contribution in [3.63, 3.8) is 0 Å². The van der Waals surface area contributed by atoms with Gasteiger partial charge in [-0.1, -0.05) is 18.9 Å². The Bertz CT molecular complexity index is 360. The van der Waals surface area contributed by atoms with Crippen LogP contribution in [-0.2, 0) is 4.79 Å². The highest BCUT2D eigenvalue weighted by Gasteiger charge is 2.28. The minimum absolute atomic E-state index is 0.134. The van der Waals surface area contributed by atoms with Gasteiger partial charge in [-0.25, -0.2) is 0 Å². The molecule has 0 amide bonds. The van der Waals surface area contributed by atoms with E-state index < -0.39 is 0 Å². The molecule has 3 heteroatoms. The second-order valence-electron chi connectivity index (χ2n) is 4.94. The first-order valence-corrected chi connectivity index (χ1v) is 7.36. The van der Waals surface area contributed by atoms with Crippen LogP contribution in [0.4, 0.5) is 0 Å². The monoisotopic (exact) mass is 251 g/mol. The maximum atomic E-state index is 12.1. The third-order valence-electron chi connectivity index (χ3n) is 3.83. The van der Waals surface area contributed by atoms with Crippen molar-refractivity contribution >= 4 is 17.1 Å². The quantitative estimate of drug-likeness (QED) is 0.764. The summed E-state index contributed by atoms with van der Waals surface area (Å²) in [5.41, 5.74) is 0. The van der Waals surface area contributed by atoms with E-state index in [1.807, 2.05) is 0 Å². The summed E-state index contributed by atoms with van der Waals surface area (Å²) < 4.78 is 0. The van der Waals surface area contributed by atoms with Crippen LogP contribution in [0, 0.1) is 0 Å². The Labute approximate surface area is 108 Å². The molecule has 0 bridgehead atoms. The summed E-state index contributed by atoms with van der Waals surface area (Å²) in [6.45, 7) is 2.20. The number of hydrogen-bond acceptors (Lipinski definition) is 3. The number of ketones is 1. The first-order valence-electron chi connectivity index (χ1n) is 6.48. The van der Waals surface area contributed by atoms with Crippen LogP contribution in [0.25, 0.3) is 0 Å². The molecule has 1 heterocycles. The highest BCUT2D eigenvalue weighted by molar-refractivity contribution is 7.10. The Hall–Kier alpha value is -0.670. The van der Waals surface area contributed by atoms with Crippen molar-refractivity contribution in [3.8, 4) is 0 Å². The van der Waals surface area contributed by atoms with Gasteiger partial charge in [0.2, 0.25) is 0 Å². The number of carbonyl (C=O) groups excluding carboxylic acids is 1. The molecule has 0 spiro atoms. The second-order valence-corrected chi connectivity index (χ2v) is 5.92. The molecule has 1 aliphatic carbocycles. The number of likely N-dealkylation sites (N-methyl/N-ethyl adjacent to an activating group) is 1. The van der Waals surface area contributed by atoms with Crippen molar-refractivity contribution in [1.29, 1.82) is 0 Å². The molecule has 17 heavy (non-hydrogen) atoms. The van der Waals surface area contributed by atoms with Crippen molar-refractivity contribution in [1.82, 2.24) is 4.90 Å². The molecule has 1 fully saturated rings. The summed E-state index contributed by atoms with van der Waals surface area (Å²) >= 11 is 1.78. The maximum absolute atomic E-state index is 12.1. The van der Waals surface area contributed by atoms with Gasteiger partial charge in [-0.15, -0.1) is 11.3 Å². The average molecular weight is 251 g/mol. The fourth-order valence-electron chi connectivity index (χ4n) is 2.57. The van der Waals surface area contributed by atoms with E-state index in [1.165, 1.54) is 17.7 Å². The zero-order valence-corrected chi connectivity index (χ0v) is 11.5. The van der Waals surface area contributed by atoms with Crippen molar-refractivity contribution in [2.24, 2.45) is 0 Å². The highest BCUT2D eigenvalue weighted by Crippen LogP contribution is 2.28. The number of thiophene rings is 1. The summed E-state index contributed by atoms with van der Waals surface area (Å²) in [6, 6.07) is 4.73. The van der Waals surface area contributed by atoms with Gasteiger partial charge < -0.3 is 0 Å². The Morgan fingerprint density at radius 3 is 2.94 bits per heavy atom. The van der Waals surface area contributed by atoms with Gasteiger partial charge in [0.1, 0.15) is 5.78 Å². The Morgan fingerprint density at radius 2 is 2.24 bits per heavy atom. The molecule has 1 saturated carbocycles. The lowest BCUT2D eigenvalue weighted by Gasteiger charge is -2.31. The van der Waals surface area contributed by atoms with Crippen LogP contribution < -0.4 is 0 Å². The molecule has 0 aromatic carbocycles. The molecule has 2 atom stereocenters. The third kappa shape index (κ3) is 2.96. The summed E-state index contributed by atoms with van der Waals surface area (Å²) in [5.74, 6) is 0.438. The number of rotatable bonds is 3. The first-order chi connectivity index (χ1) is 8.20. The van der Waals surface area contributed by atoms with Crippen molar-refractivity contribution in [2.45, 2.75) is 51.1 Å². The van der Waals surface area contributed by atoms with E-state index in [4.69, 9.17) is 0 Å². The number of nitrogens with zero attached hydrogens (tertiary/aromatic N) is 1. The molecule has 1 aromatic rings. The molecular weight excluding hydrogens is 230 g/mol. The molecule has 2 nitrogen and oxygen atoms in total. The Balaban J connectivity index is 2.07. The van der Waals surface area contributed by atoms with Gasteiger partial charge in [-0.2, -0.15) is 0 Å². The largest absolute Gasteiger partial charge is 0.298 e. The van der Waals surface area contributed by atoms with Crippen LogP contribution in [0.2, 0.25) is 0 Å². The van der Waals surface area contributed by atoms with Gasteiger partial charge in [0.05, 0.1) is 6.04 Å². The van der Waals surface area contributed by atoms with Gasteiger partial charge in [-0.3, -0.25) is 9.69 Å². The fraction of sp³-hybridized carbons (Fsp3) is 0.643. The molecular formula is C14H21NOS. The van der Waals surface area contributed by atoms with Crippen LogP contribution in [0.3, 0.4) is 0 Å². The normalized spacial score (nSPS) is 23.7. The van der Waals surface area contributed by atoms with Crippen molar-refractivity contribution in [3.05, 3.63) is 22.4 Å². The summed E-state index contributed by atoms with van der Waals surface area (Å²) in [5, 5.41) is 2.11. The highest BCUT2D eigenvalue weighted by atomic mass is 32.1. The van der Waals surface area contributed by atoms with Gasteiger partial charge in [0.15, 0.2) is 0 Å². The van der Waals surface area contributed by atoms with E-state index in [2.05, 4.69) is 36.4 Å². The van der Waals surface area contributed by atoms with E-state index in [9.17, 15) is 4.79 Å². The van der Waals surface area contributed by atoms with Gasteiger partial charge in [0, 0.05) is 17.3 Å². The summed E-state index contributed by atoms with van der Waals surface area (Å²) in [7, 11) is 2.10. The minimum atomic E-state index is 0.134. The van der Waals surface area contributed by atoms with Gasteiger partial charge in [0.25, 0.3) is 0 Å². The number of carbonyl (C=O) groups is 1. The molecule has 0 N–H and O–H groups in total. The molecule has 2 rings (SSSR count). The van der Waals surface area contributed by atoms with E-state index in [1.54, 1.807) is 11.3 Å². The zero-order chi connectivity index (χ0) is 12.3. The molecule has 1 aromatic heterocycles. The molecule has 94 valence electrons. The lowest BCUT2D eigenvalue weighted by Crippen LogP contribution is -2.39. The van der Waals surface area contributed by atoms with E-state index in [-0.39, 0.29) is 6.04 Å². The van der Waals surface area contributed by atoms with E-state index in [0.717, 1.165) is 19.3 Å². The standard InChI is InChI=1S/C14H21NOS/c1-11(14-9-6-10-17-14)15(2)12-7-4-3-5-8-13(12)16/h6,9-12H,3-5,7-8H2,1-2H3. The van der Waals surface area contributed by atoms with Crippen LogP contribution >= 0.6 is 11.3 Å². The SMILES string of the molecule is CC(c1cccs1)N(C)C1CCCCCC1=O. The van der Waals surface area contributed by atoms with Crippen molar-refractivity contribution in [2.75, 3.05) is 7.05 Å². The molecule has 1 aliphatic rings. The summed E-state index contributed by atoms with van der Waals surface area (Å²) in [6.07, 6.45) is 5.29. The average Bonchev–Trinajstić information content (AvgIpc) is 2.77. The lowest BCUT2D eigenvalue weighted by atomic mass is 10.0. The van der Waals surface area contributed by atoms with Crippen LogP contribution in [0.1, 0.15) is 49.9 Å². The number of hydrogen-bond donors (Lipinski definition) is 0. The van der Waals surface area contributed by atoms with E-state index in [0.29, 0.717) is 11.8 Å². The predicted octanol–water partition coefficient (Wildman–Crippen LogP) is 3.64. The molecule has 0 aliphatic heterocycles. The maximum Gasteiger partial charge on any atom is 0.149 e. The Morgan fingerprint density at radius 1 is 1.41 bits per heavy atom. The molecule has 0 radical (unpaired) electrons. The third-order valence-corrected chi connectivity index (χ3v) is 4.87. The Kier molecular flexibility index (Phi) is 4.35. The van der Waals surface area contributed by atoms with Crippen LogP contribution in [0.5, 0.6) is 0 Å². The topological polar surface area (TPSA) is 20.3 Å². The number of Topliss-reactive ketones (excluding diaryl/α,β-unsaturated/α-hetero) is 1. The zero-order valence-electron chi connectivity index (χ0n) is 10.7. The molecule has 0 saturated heterocycles. The van der Waals surface area contributed by atoms with Gasteiger partial charge >= 0.3 is 0 Å². The lowest BCUT2D eigenvalue weighted by molar-refractivity contribution is -0.124. The molecule has 2 unspecified atom stereocenters. The summed E-state index contributed by atoms with van der Waals surface area (Å²) in [4.78, 5) is 15.7. The second kappa shape index (κ2) is 5.78. The van der Waals surface area contributed by atoms with Crippen LogP contribution in [-0.4, -0.2) is 23.8 Å². The minimum Gasteiger partial charge on any atom is -0.298 e. The first kappa shape index (κ1) is 12.8. The van der Waals surface area contributed by atoms with Gasteiger partial charge in [-0.05, 0) is 38.3 Å².